The van der Waals surface area contributed by atoms with E-state index in [1.165, 1.54) is 30.4 Å². The van der Waals surface area contributed by atoms with Crippen molar-refractivity contribution >= 4 is 23.5 Å². The Morgan fingerprint density at radius 1 is 1.17 bits per heavy atom. The van der Waals surface area contributed by atoms with Gasteiger partial charge < -0.3 is 30.5 Å². The molecule has 0 aromatic heterocycles. The summed E-state index contributed by atoms with van der Waals surface area (Å²) in [5.74, 6) is -2.01. The largest absolute Gasteiger partial charge is 0.507 e. The summed E-state index contributed by atoms with van der Waals surface area (Å²) in [5, 5.41) is 42.3. The molecular formula is C21H27NO7. The van der Waals surface area contributed by atoms with Gasteiger partial charge in [0, 0.05) is 24.2 Å². The van der Waals surface area contributed by atoms with Crippen molar-refractivity contribution in [1.82, 2.24) is 0 Å². The molecule has 0 bridgehead atoms. The highest BCUT2D eigenvalue weighted by Gasteiger charge is 2.25. The standard InChI is InChI=1S/C21H27NO7/c1-12-6-7-17(25)20(27)16(24)5-3-4-14-10-15(22-8-9-23)11-18(26)19(14)21(28)29-13(12)2/h3-4,6-7,10-13,16,20,22-24,26-27H,5,8-9H2,1-2H3/b4-3+,7-6-/t12-,13?,16?,20?/m1/s1. The van der Waals surface area contributed by atoms with E-state index in [1.807, 2.05) is 0 Å². The van der Waals surface area contributed by atoms with Crippen molar-refractivity contribution in [2.24, 2.45) is 5.92 Å². The number of anilines is 1. The van der Waals surface area contributed by atoms with Gasteiger partial charge in [-0.25, -0.2) is 4.79 Å². The Morgan fingerprint density at radius 3 is 2.59 bits per heavy atom. The van der Waals surface area contributed by atoms with Crippen LogP contribution in [0.2, 0.25) is 0 Å². The number of ketones is 1. The lowest BCUT2D eigenvalue weighted by Crippen LogP contribution is -2.32. The highest BCUT2D eigenvalue weighted by Crippen LogP contribution is 2.29. The molecule has 0 aliphatic carbocycles. The van der Waals surface area contributed by atoms with Gasteiger partial charge in [0.1, 0.15) is 23.5 Å². The van der Waals surface area contributed by atoms with Gasteiger partial charge in [-0.2, -0.15) is 0 Å². The van der Waals surface area contributed by atoms with E-state index in [0.717, 1.165) is 0 Å². The van der Waals surface area contributed by atoms with Gasteiger partial charge >= 0.3 is 5.97 Å². The predicted octanol–water partition coefficient (Wildman–Crippen LogP) is 1.24. The third-order valence-corrected chi connectivity index (χ3v) is 4.72. The van der Waals surface area contributed by atoms with Crippen LogP contribution in [0.5, 0.6) is 5.75 Å². The number of rotatable bonds is 3. The number of fused-ring (bicyclic) bond motifs is 1. The maximum Gasteiger partial charge on any atom is 0.342 e. The monoisotopic (exact) mass is 405 g/mol. The molecule has 5 N–H and O–H groups in total. The molecule has 1 aliphatic rings. The Labute approximate surface area is 169 Å². The molecule has 0 spiro atoms. The third-order valence-electron chi connectivity index (χ3n) is 4.72. The van der Waals surface area contributed by atoms with Crippen molar-refractivity contribution < 1.29 is 34.8 Å². The molecule has 29 heavy (non-hydrogen) atoms. The highest BCUT2D eigenvalue weighted by molar-refractivity contribution is 5.97. The molecule has 1 heterocycles. The number of benzene rings is 1. The first-order chi connectivity index (χ1) is 13.7. The summed E-state index contributed by atoms with van der Waals surface area (Å²) in [5.41, 5.74) is 0.770. The minimum absolute atomic E-state index is 0.0398. The number of ether oxygens (including phenoxy) is 1. The second-order valence-electron chi connectivity index (χ2n) is 6.99. The number of nitrogens with one attached hydrogen (secondary N) is 1. The molecule has 0 saturated heterocycles. The molecule has 0 fully saturated rings. The average Bonchev–Trinajstić information content (AvgIpc) is 2.68. The van der Waals surface area contributed by atoms with Gasteiger partial charge in [0.2, 0.25) is 0 Å². The number of carbonyl (C=O) groups excluding carboxylic acids is 2. The molecule has 0 saturated carbocycles. The molecule has 1 aromatic carbocycles. The molecule has 0 amide bonds. The number of carbonyl (C=O) groups is 2. The topological polar surface area (TPSA) is 136 Å². The normalized spacial score (nSPS) is 28.0. The van der Waals surface area contributed by atoms with Crippen molar-refractivity contribution in [3.63, 3.8) is 0 Å². The first kappa shape index (κ1) is 22.6. The summed E-state index contributed by atoms with van der Waals surface area (Å²) in [6, 6.07) is 2.95. The molecular weight excluding hydrogens is 378 g/mol. The Kier molecular flexibility index (Phi) is 7.95. The lowest BCUT2D eigenvalue weighted by atomic mass is 9.99. The first-order valence-corrected chi connectivity index (χ1v) is 9.42. The molecule has 2 rings (SSSR count). The van der Waals surface area contributed by atoms with Crippen molar-refractivity contribution in [2.45, 2.75) is 38.6 Å². The number of phenolic OH excluding ortho intramolecular Hbond substituents is 1. The van der Waals surface area contributed by atoms with Crippen LogP contribution in [0.25, 0.3) is 6.08 Å². The van der Waals surface area contributed by atoms with Crippen molar-refractivity contribution in [3.8, 4) is 5.75 Å². The predicted molar refractivity (Wildman–Crippen MR) is 108 cm³/mol. The zero-order chi connectivity index (χ0) is 21.6. The maximum absolute atomic E-state index is 12.7. The second-order valence-corrected chi connectivity index (χ2v) is 6.99. The van der Waals surface area contributed by atoms with E-state index in [2.05, 4.69) is 5.32 Å². The van der Waals surface area contributed by atoms with Crippen LogP contribution in [0, 0.1) is 5.92 Å². The third kappa shape index (κ3) is 5.90. The van der Waals surface area contributed by atoms with Gasteiger partial charge in [-0.15, -0.1) is 0 Å². The average molecular weight is 405 g/mol. The fourth-order valence-corrected chi connectivity index (χ4v) is 2.79. The second kappa shape index (κ2) is 10.2. The Hall–Kier alpha value is -2.68. The molecule has 4 atom stereocenters. The van der Waals surface area contributed by atoms with Crippen LogP contribution in [0.3, 0.4) is 0 Å². The smallest absolute Gasteiger partial charge is 0.342 e. The molecule has 0 radical (unpaired) electrons. The van der Waals surface area contributed by atoms with Crippen LogP contribution in [0.1, 0.15) is 36.2 Å². The summed E-state index contributed by atoms with van der Waals surface area (Å²) in [6.07, 6.45) is 2.10. The Bertz CT molecular complexity index is 802. The van der Waals surface area contributed by atoms with Crippen molar-refractivity contribution in [2.75, 3.05) is 18.5 Å². The summed E-state index contributed by atoms with van der Waals surface area (Å²) >= 11 is 0. The number of hydrogen-bond acceptors (Lipinski definition) is 8. The van der Waals surface area contributed by atoms with E-state index in [0.29, 0.717) is 11.3 Å². The number of phenols is 1. The summed E-state index contributed by atoms with van der Waals surface area (Å²) < 4.78 is 5.45. The van der Waals surface area contributed by atoms with Crippen molar-refractivity contribution in [1.29, 1.82) is 0 Å². The lowest BCUT2D eigenvalue weighted by molar-refractivity contribution is -0.127. The van der Waals surface area contributed by atoms with Crippen LogP contribution >= 0.6 is 0 Å². The zero-order valence-corrected chi connectivity index (χ0v) is 16.4. The minimum Gasteiger partial charge on any atom is -0.507 e. The van der Waals surface area contributed by atoms with E-state index >= 15 is 0 Å². The van der Waals surface area contributed by atoms with E-state index in [9.17, 15) is 24.9 Å². The van der Waals surface area contributed by atoms with Crippen molar-refractivity contribution in [3.05, 3.63) is 41.5 Å². The Morgan fingerprint density at radius 2 is 1.90 bits per heavy atom. The van der Waals surface area contributed by atoms with Gasteiger partial charge in [-0.05, 0) is 31.1 Å². The van der Waals surface area contributed by atoms with Crippen LogP contribution in [0.4, 0.5) is 5.69 Å². The molecule has 8 heteroatoms. The van der Waals surface area contributed by atoms with Crippen LogP contribution < -0.4 is 5.32 Å². The number of cyclic esters (lactones) is 1. The number of aliphatic hydroxyl groups excluding tert-OH is 3. The SMILES string of the molecule is CC1OC(=O)c2c(O)cc(NCCO)cc2/C=C/CC(O)C(O)C(=O)/C=C\[C@H]1C. The number of esters is 1. The number of aliphatic hydroxyl groups is 3. The van der Waals surface area contributed by atoms with E-state index in [4.69, 9.17) is 9.84 Å². The highest BCUT2D eigenvalue weighted by atomic mass is 16.5. The summed E-state index contributed by atoms with van der Waals surface area (Å²) in [7, 11) is 0. The van der Waals surface area contributed by atoms with Gasteiger partial charge in [0.15, 0.2) is 5.78 Å². The lowest BCUT2D eigenvalue weighted by Gasteiger charge is -2.20. The van der Waals surface area contributed by atoms with Crippen LogP contribution in [-0.4, -0.2) is 63.6 Å². The first-order valence-electron chi connectivity index (χ1n) is 9.42. The number of aromatic hydroxyl groups is 1. The molecule has 1 aromatic rings. The fourth-order valence-electron chi connectivity index (χ4n) is 2.79. The number of hydrogen-bond donors (Lipinski definition) is 5. The quantitative estimate of drug-likeness (QED) is 0.474. The summed E-state index contributed by atoms with van der Waals surface area (Å²) in [4.78, 5) is 24.7. The van der Waals surface area contributed by atoms with E-state index < -0.39 is 30.1 Å². The Balaban J connectivity index is 2.47. The zero-order valence-electron chi connectivity index (χ0n) is 16.4. The van der Waals surface area contributed by atoms with Gasteiger partial charge in [-0.3, -0.25) is 4.79 Å². The van der Waals surface area contributed by atoms with E-state index in [1.54, 1.807) is 19.9 Å². The molecule has 1 aliphatic heterocycles. The molecule has 3 unspecified atom stereocenters. The minimum atomic E-state index is -1.57. The van der Waals surface area contributed by atoms with Gasteiger partial charge in [0.05, 0.1) is 12.7 Å². The maximum atomic E-state index is 12.7. The van der Waals surface area contributed by atoms with E-state index in [-0.39, 0.29) is 36.8 Å². The fraction of sp³-hybridized carbons (Fsp3) is 0.429. The van der Waals surface area contributed by atoms with Gasteiger partial charge in [-0.1, -0.05) is 25.2 Å². The molecule has 8 nitrogen and oxygen atoms in total. The molecule has 158 valence electrons. The summed E-state index contributed by atoms with van der Waals surface area (Å²) in [6.45, 7) is 3.52. The van der Waals surface area contributed by atoms with Gasteiger partial charge in [0.25, 0.3) is 0 Å². The van der Waals surface area contributed by atoms with Crippen LogP contribution in [0.15, 0.2) is 30.4 Å². The van der Waals surface area contributed by atoms with Crippen LogP contribution in [-0.2, 0) is 9.53 Å².